The van der Waals surface area contributed by atoms with Crippen molar-refractivity contribution in [3.05, 3.63) is 16.5 Å². The molecule has 1 aliphatic heterocycles. The highest BCUT2D eigenvalue weighted by Crippen LogP contribution is 2.31. The van der Waals surface area contributed by atoms with Gasteiger partial charge in [-0.2, -0.15) is 0 Å². The maximum absolute atomic E-state index is 11.7. The summed E-state index contributed by atoms with van der Waals surface area (Å²) in [6.45, 7) is 6.39. The van der Waals surface area contributed by atoms with Crippen molar-refractivity contribution in [2.24, 2.45) is 10.4 Å². The van der Waals surface area contributed by atoms with Gasteiger partial charge in [0, 0.05) is 35.7 Å². The Bertz CT molecular complexity index is 440. The summed E-state index contributed by atoms with van der Waals surface area (Å²) in [6, 6.07) is 1.90. The van der Waals surface area contributed by atoms with E-state index in [1.165, 1.54) is 4.88 Å². The molecule has 3 nitrogen and oxygen atoms in total. The van der Waals surface area contributed by atoms with Gasteiger partial charge in [0.25, 0.3) is 0 Å². The monoisotopic (exact) mass is 237 g/mol. The molecule has 0 saturated carbocycles. The molecule has 0 saturated heterocycles. The average Bonchev–Trinajstić information content (AvgIpc) is 2.58. The minimum Gasteiger partial charge on any atom is -0.415 e. The third kappa shape index (κ3) is 2.32. The molecule has 2 rings (SSSR count). The normalized spacial score (nSPS) is 14.7. The van der Waals surface area contributed by atoms with E-state index < -0.39 is 5.41 Å². The van der Waals surface area contributed by atoms with E-state index in [9.17, 15) is 4.79 Å². The molecule has 0 bridgehead atoms. The minimum atomic E-state index is -0.460. The lowest BCUT2D eigenvalue weighted by molar-refractivity contribution is -0.142. The van der Waals surface area contributed by atoms with Crippen molar-refractivity contribution in [1.82, 2.24) is 0 Å². The van der Waals surface area contributed by atoms with Gasteiger partial charge in [-0.25, -0.2) is 0 Å². The number of hydrogen-bond acceptors (Lipinski definition) is 4. The maximum atomic E-state index is 11.7. The molecule has 0 spiro atoms. The molecule has 0 unspecified atom stereocenters. The van der Waals surface area contributed by atoms with Crippen LogP contribution in [0.3, 0.4) is 0 Å². The van der Waals surface area contributed by atoms with Crippen LogP contribution in [0, 0.1) is 5.41 Å². The number of thiophene rings is 1. The van der Waals surface area contributed by atoms with Gasteiger partial charge in [0.05, 0.1) is 5.41 Å². The molecule has 4 heteroatoms. The SMILES string of the molecule is CC(C)(C)C(=O)Oc1cc2c(s1)CCN=C2. The second-order valence-corrected chi connectivity index (χ2v) is 5.97. The van der Waals surface area contributed by atoms with Crippen LogP contribution in [0.2, 0.25) is 0 Å². The first kappa shape index (κ1) is 11.3. The summed E-state index contributed by atoms with van der Waals surface area (Å²) in [5.41, 5.74) is 0.631. The highest BCUT2D eigenvalue weighted by Gasteiger charge is 2.25. The fourth-order valence-electron chi connectivity index (χ4n) is 1.35. The minimum absolute atomic E-state index is 0.192. The predicted octanol–water partition coefficient (Wildman–Crippen LogP) is 2.67. The van der Waals surface area contributed by atoms with Crippen LogP contribution in [0.4, 0.5) is 0 Å². The summed E-state index contributed by atoms with van der Waals surface area (Å²) < 4.78 is 5.35. The van der Waals surface area contributed by atoms with E-state index in [1.54, 1.807) is 11.3 Å². The van der Waals surface area contributed by atoms with E-state index in [0.717, 1.165) is 18.5 Å². The Morgan fingerprint density at radius 3 is 2.88 bits per heavy atom. The molecule has 2 heterocycles. The largest absolute Gasteiger partial charge is 0.415 e. The molecular weight excluding hydrogens is 222 g/mol. The molecule has 0 aliphatic carbocycles. The number of aliphatic imine (C=N–C) groups is 1. The van der Waals surface area contributed by atoms with Crippen LogP contribution in [0.5, 0.6) is 5.06 Å². The van der Waals surface area contributed by atoms with Crippen molar-refractivity contribution in [2.75, 3.05) is 6.54 Å². The molecule has 16 heavy (non-hydrogen) atoms. The first-order valence-corrected chi connectivity index (χ1v) is 6.13. The Labute approximate surface area is 99.2 Å². The molecule has 0 fully saturated rings. The van der Waals surface area contributed by atoms with Gasteiger partial charge in [0.2, 0.25) is 0 Å². The zero-order valence-corrected chi connectivity index (χ0v) is 10.6. The molecule has 1 aromatic heterocycles. The number of ether oxygens (including phenoxy) is 1. The van der Waals surface area contributed by atoms with E-state index in [0.29, 0.717) is 5.06 Å². The molecule has 0 amide bonds. The highest BCUT2D eigenvalue weighted by molar-refractivity contribution is 7.14. The van der Waals surface area contributed by atoms with E-state index in [-0.39, 0.29) is 5.97 Å². The second-order valence-electron chi connectivity index (χ2n) is 4.87. The van der Waals surface area contributed by atoms with Crippen molar-refractivity contribution < 1.29 is 9.53 Å². The fraction of sp³-hybridized carbons (Fsp3) is 0.500. The summed E-state index contributed by atoms with van der Waals surface area (Å²) in [5, 5.41) is 0.679. The Kier molecular flexibility index (Phi) is 2.84. The first-order valence-electron chi connectivity index (χ1n) is 5.31. The second kappa shape index (κ2) is 4.01. The van der Waals surface area contributed by atoms with Gasteiger partial charge in [0.1, 0.15) is 0 Å². The van der Waals surface area contributed by atoms with Gasteiger partial charge in [-0.1, -0.05) is 0 Å². The van der Waals surface area contributed by atoms with Crippen LogP contribution < -0.4 is 4.74 Å². The topological polar surface area (TPSA) is 38.7 Å². The Morgan fingerprint density at radius 1 is 1.50 bits per heavy atom. The summed E-state index contributed by atoms with van der Waals surface area (Å²) in [4.78, 5) is 17.2. The van der Waals surface area contributed by atoms with E-state index in [4.69, 9.17) is 4.74 Å². The number of rotatable bonds is 1. The van der Waals surface area contributed by atoms with Gasteiger partial charge in [0.15, 0.2) is 5.06 Å². The number of esters is 1. The summed E-state index contributed by atoms with van der Waals surface area (Å²) >= 11 is 1.55. The van der Waals surface area contributed by atoms with Crippen molar-refractivity contribution in [3.8, 4) is 5.06 Å². The van der Waals surface area contributed by atoms with Crippen molar-refractivity contribution in [2.45, 2.75) is 27.2 Å². The third-order valence-corrected chi connectivity index (χ3v) is 3.41. The predicted molar refractivity (Wildman–Crippen MR) is 65.6 cm³/mol. The smallest absolute Gasteiger partial charge is 0.317 e. The number of carbonyl (C=O) groups is 1. The van der Waals surface area contributed by atoms with Gasteiger partial charge >= 0.3 is 5.97 Å². The Hall–Kier alpha value is -1.16. The number of carbonyl (C=O) groups excluding carboxylic acids is 1. The zero-order valence-electron chi connectivity index (χ0n) is 9.74. The molecule has 86 valence electrons. The third-order valence-electron chi connectivity index (χ3n) is 2.32. The van der Waals surface area contributed by atoms with Gasteiger partial charge in [-0.05, 0) is 20.8 Å². The molecule has 0 radical (unpaired) electrons. The Balaban J connectivity index is 2.15. The molecule has 0 atom stereocenters. The van der Waals surface area contributed by atoms with Crippen LogP contribution in [0.1, 0.15) is 31.2 Å². The fourth-order valence-corrected chi connectivity index (χ4v) is 2.31. The van der Waals surface area contributed by atoms with Crippen LogP contribution >= 0.6 is 11.3 Å². The molecule has 1 aromatic rings. The molecule has 0 aromatic carbocycles. The standard InChI is InChI=1S/C12H15NO2S/c1-12(2,3)11(14)15-10-6-8-7-13-5-4-9(8)16-10/h6-7H,4-5H2,1-3H3. The lowest BCUT2D eigenvalue weighted by Gasteiger charge is -2.14. The van der Waals surface area contributed by atoms with E-state index in [2.05, 4.69) is 4.99 Å². The maximum Gasteiger partial charge on any atom is 0.317 e. The molecule has 1 aliphatic rings. The van der Waals surface area contributed by atoms with Crippen LogP contribution in [-0.2, 0) is 11.2 Å². The summed E-state index contributed by atoms with van der Waals surface area (Å²) in [7, 11) is 0. The zero-order chi connectivity index (χ0) is 11.8. The van der Waals surface area contributed by atoms with Crippen molar-refractivity contribution in [1.29, 1.82) is 0 Å². The van der Waals surface area contributed by atoms with Gasteiger partial charge in [-0.15, -0.1) is 11.3 Å². The number of nitrogens with zero attached hydrogens (tertiary/aromatic N) is 1. The highest BCUT2D eigenvalue weighted by atomic mass is 32.1. The average molecular weight is 237 g/mol. The van der Waals surface area contributed by atoms with Crippen LogP contribution in [0.25, 0.3) is 0 Å². The van der Waals surface area contributed by atoms with Gasteiger partial charge in [-0.3, -0.25) is 9.79 Å². The quantitative estimate of drug-likeness (QED) is 0.704. The number of hydrogen-bond donors (Lipinski definition) is 0. The van der Waals surface area contributed by atoms with Gasteiger partial charge < -0.3 is 4.74 Å². The van der Waals surface area contributed by atoms with Crippen LogP contribution in [-0.4, -0.2) is 18.7 Å². The molecule has 0 N–H and O–H groups in total. The number of fused-ring (bicyclic) bond motifs is 1. The lowest BCUT2D eigenvalue weighted by Crippen LogP contribution is -2.25. The van der Waals surface area contributed by atoms with E-state index >= 15 is 0 Å². The molecular formula is C12H15NO2S. The summed E-state index contributed by atoms with van der Waals surface area (Å²) in [6.07, 6.45) is 2.80. The first-order chi connectivity index (χ1) is 7.47. The lowest BCUT2D eigenvalue weighted by atomic mass is 9.97. The van der Waals surface area contributed by atoms with Crippen molar-refractivity contribution >= 4 is 23.5 Å². The van der Waals surface area contributed by atoms with Crippen molar-refractivity contribution in [3.63, 3.8) is 0 Å². The summed E-state index contributed by atoms with van der Waals surface area (Å²) in [5.74, 6) is -0.192. The Morgan fingerprint density at radius 2 is 2.25 bits per heavy atom. The van der Waals surface area contributed by atoms with Crippen LogP contribution in [0.15, 0.2) is 11.1 Å². The van der Waals surface area contributed by atoms with E-state index in [1.807, 2.05) is 33.1 Å².